The van der Waals surface area contributed by atoms with Gasteiger partial charge in [-0.1, -0.05) is 18.6 Å². The number of hydrogen-bond donors (Lipinski definition) is 2. The van der Waals surface area contributed by atoms with Gasteiger partial charge in [0.15, 0.2) is 0 Å². The van der Waals surface area contributed by atoms with E-state index in [1.807, 2.05) is 0 Å². The summed E-state index contributed by atoms with van der Waals surface area (Å²) in [5.41, 5.74) is 7.06. The fourth-order valence-electron chi connectivity index (χ4n) is 3.11. The molecule has 1 aliphatic carbocycles. The zero-order chi connectivity index (χ0) is 15.6. The molecule has 0 aliphatic heterocycles. The van der Waals surface area contributed by atoms with Gasteiger partial charge in [-0.05, 0) is 31.2 Å². The Morgan fingerprint density at radius 3 is 2.71 bits per heavy atom. The van der Waals surface area contributed by atoms with E-state index in [0.717, 1.165) is 12.8 Å². The van der Waals surface area contributed by atoms with Gasteiger partial charge in [-0.15, -0.1) is 0 Å². The fraction of sp³-hybridized carbons (Fsp3) is 0.600. The van der Waals surface area contributed by atoms with E-state index in [0.29, 0.717) is 29.8 Å². The molecule has 0 amide bonds. The quantitative estimate of drug-likeness (QED) is 0.829. The number of nitrogens with two attached hydrogens (primary N) is 1. The molecule has 1 aromatic carbocycles. The number of aliphatic hydroxyl groups is 1. The van der Waals surface area contributed by atoms with Crippen molar-refractivity contribution >= 4 is 15.5 Å². The van der Waals surface area contributed by atoms with Crippen LogP contribution in [0.15, 0.2) is 18.2 Å². The molecule has 3 unspecified atom stereocenters. The highest BCUT2D eigenvalue weighted by Gasteiger charge is 2.33. The summed E-state index contributed by atoms with van der Waals surface area (Å²) < 4.78 is 28.6. The van der Waals surface area contributed by atoms with Gasteiger partial charge in [-0.3, -0.25) is 0 Å². The molecule has 0 spiro atoms. The Morgan fingerprint density at radius 2 is 2.10 bits per heavy atom. The van der Waals surface area contributed by atoms with E-state index < -0.39 is 15.9 Å². The first-order valence-electron chi connectivity index (χ1n) is 7.14. The van der Waals surface area contributed by atoms with Crippen LogP contribution in [0.2, 0.25) is 0 Å². The van der Waals surface area contributed by atoms with Crippen molar-refractivity contribution in [2.24, 2.45) is 5.92 Å². The lowest BCUT2D eigenvalue weighted by atomic mass is 9.82. The minimum absolute atomic E-state index is 0.0899. The van der Waals surface area contributed by atoms with E-state index in [-0.39, 0.29) is 11.2 Å². The van der Waals surface area contributed by atoms with E-state index in [9.17, 15) is 13.5 Å². The van der Waals surface area contributed by atoms with Gasteiger partial charge in [-0.2, -0.15) is 0 Å². The first-order chi connectivity index (χ1) is 9.84. The third-order valence-electron chi connectivity index (χ3n) is 4.36. The molecule has 5 nitrogen and oxygen atoms in total. The molecule has 0 bridgehead atoms. The molecule has 21 heavy (non-hydrogen) atoms. The number of benzene rings is 1. The molecular weight excluding hydrogens is 290 g/mol. The summed E-state index contributed by atoms with van der Waals surface area (Å²) in [6.07, 6.45) is 3.29. The van der Waals surface area contributed by atoms with Crippen molar-refractivity contribution in [3.05, 3.63) is 23.8 Å². The van der Waals surface area contributed by atoms with Gasteiger partial charge in [0.2, 0.25) is 0 Å². The lowest BCUT2D eigenvalue weighted by molar-refractivity contribution is 0.0861. The summed E-state index contributed by atoms with van der Waals surface area (Å²) >= 11 is 0. The normalized spacial score (nSPS) is 24.5. The summed E-state index contributed by atoms with van der Waals surface area (Å²) in [6.45, 7) is 0. The Bertz CT molecular complexity index is 600. The van der Waals surface area contributed by atoms with Gasteiger partial charge < -0.3 is 15.6 Å². The lowest BCUT2D eigenvalue weighted by Gasteiger charge is -2.32. The van der Waals surface area contributed by atoms with Gasteiger partial charge in [0.1, 0.15) is 15.6 Å². The molecule has 6 heteroatoms. The lowest BCUT2D eigenvalue weighted by Crippen LogP contribution is -2.30. The van der Waals surface area contributed by atoms with E-state index >= 15 is 0 Å². The molecule has 0 heterocycles. The second-order valence-corrected chi connectivity index (χ2v) is 8.11. The van der Waals surface area contributed by atoms with E-state index in [1.165, 1.54) is 13.4 Å². The van der Waals surface area contributed by atoms with Crippen molar-refractivity contribution in [3.63, 3.8) is 0 Å². The van der Waals surface area contributed by atoms with Gasteiger partial charge in [-0.25, -0.2) is 8.42 Å². The smallest absolute Gasteiger partial charge is 0.150 e. The van der Waals surface area contributed by atoms with Crippen LogP contribution in [0.4, 0.5) is 5.69 Å². The van der Waals surface area contributed by atoms with Crippen molar-refractivity contribution in [3.8, 4) is 5.75 Å². The average Bonchev–Trinajstić information content (AvgIpc) is 2.46. The second kappa shape index (κ2) is 6.23. The molecular formula is C15H23NO4S. The maximum absolute atomic E-state index is 11.7. The van der Waals surface area contributed by atoms with Gasteiger partial charge in [0.25, 0.3) is 0 Å². The number of anilines is 1. The Morgan fingerprint density at radius 1 is 1.38 bits per heavy atom. The summed E-state index contributed by atoms with van der Waals surface area (Å²) in [4.78, 5) is 0. The molecule has 1 aromatic rings. The van der Waals surface area contributed by atoms with Crippen LogP contribution in [-0.2, 0) is 9.84 Å². The molecule has 1 fully saturated rings. The van der Waals surface area contributed by atoms with Crippen LogP contribution in [0.5, 0.6) is 5.75 Å². The van der Waals surface area contributed by atoms with Crippen LogP contribution in [0.25, 0.3) is 0 Å². The second-order valence-electron chi connectivity index (χ2n) is 5.79. The summed E-state index contributed by atoms with van der Waals surface area (Å²) in [7, 11) is -1.53. The Hall–Kier alpha value is -1.27. The van der Waals surface area contributed by atoms with E-state index in [4.69, 9.17) is 10.5 Å². The van der Waals surface area contributed by atoms with E-state index in [1.54, 1.807) is 18.2 Å². The molecule has 1 saturated carbocycles. The van der Waals surface area contributed by atoms with Crippen molar-refractivity contribution < 1.29 is 18.3 Å². The molecule has 118 valence electrons. The maximum atomic E-state index is 11.7. The maximum Gasteiger partial charge on any atom is 0.150 e. The molecule has 0 saturated heterocycles. The number of ether oxygens (including phenoxy) is 1. The predicted octanol–water partition coefficient (Wildman–Crippen LogP) is 1.91. The average molecular weight is 313 g/mol. The standard InChI is InChI=1S/C15H23NO4S/c1-20-13-8-4-7-12(14(13)16)15(17)10-5-3-6-11(9-10)21(2,18)19/h4,7-8,10-11,15,17H,3,5-6,9,16H2,1-2H3. The number of sulfone groups is 1. The monoisotopic (exact) mass is 313 g/mol. The molecule has 2 rings (SSSR count). The molecule has 0 aromatic heterocycles. The van der Waals surface area contributed by atoms with Crippen molar-refractivity contribution in [2.45, 2.75) is 37.0 Å². The zero-order valence-corrected chi connectivity index (χ0v) is 13.3. The van der Waals surface area contributed by atoms with E-state index in [2.05, 4.69) is 0 Å². The SMILES string of the molecule is COc1cccc(C(O)C2CCCC(S(C)(=O)=O)C2)c1N. The molecule has 3 atom stereocenters. The number of aliphatic hydroxyl groups excluding tert-OH is 1. The predicted molar refractivity (Wildman–Crippen MR) is 83.0 cm³/mol. The van der Waals surface area contributed by atoms with Crippen molar-refractivity contribution in [2.75, 3.05) is 19.1 Å². The minimum Gasteiger partial charge on any atom is -0.495 e. The molecule has 3 N–H and O–H groups in total. The Labute approximate surface area is 126 Å². The van der Waals surface area contributed by atoms with Crippen LogP contribution < -0.4 is 10.5 Å². The molecule has 0 radical (unpaired) electrons. The highest BCUT2D eigenvalue weighted by atomic mass is 32.2. The van der Waals surface area contributed by atoms with Gasteiger partial charge in [0.05, 0.1) is 24.2 Å². The van der Waals surface area contributed by atoms with Crippen LogP contribution >= 0.6 is 0 Å². The Balaban J connectivity index is 2.22. The van der Waals surface area contributed by atoms with Gasteiger partial charge in [0, 0.05) is 11.8 Å². The number of methoxy groups -OCH3 is 1. The van der Waals surface area contributed by atoms with Crippen molar-refractivity contribution in [1.82, 2.24) is 0 Å². The number of nitrogen functional groups attached to an aromatic ring is 1. The largest absolute Gasteiger partial charge is 0.495 e. The fourth-order valence-corrected chi connectivity index (χ4v) is 4.30. The first-order valence-corrected chi connectivity index (χ1v) is 9.09. The third-order valence-corrected chi connectivity index (χ3v) is 6.00. The number of rotatable bonds is 4. The van der Waals surface area contributed by atoms with Crippen LogP contribution in [-0.4, -0.2) is 32.1 Å². The highest BCUT2D eigenvalue weighted by molar-refractivity contribution is 7.91. The Kier molecular flexibility index (Phi) is 4.78. The third kappa shape index (κ3) is 3.49. The minimum atomic E-state index is -3.06. The zero-order valence-electron chi connectivity index (χ0n) is 12.5. The summed E-state index contributed by atoms with van der Waals surface area (Å²) in [6, 6.07) is 5.29. The van der Waals surface area contributed by atoms with Gasteiger partial charge >= 0.3 is 0 Å². The highest BCUT2D eigenvalue weighted by Crippen LogP contribution is 2.40. The van der Waals surface area contributed by atoms with Crippen LogP contribution in [0.1, 0.15) is 37.4 Å². The molecule has 1 aliphatic rings. The topological polar surface area (TPSA) is 89.6 Å². The van der Waals surface area contributed by atoms with Crippen LogP contribution in [0, 0.1) is 5.92 Å². The number of para-hydroxylation sites is 1. The summed E-state index contributed by atoms with van der Waals surface area (Å²) in [5.74, 6) is 0.440. The number of hydrogen-bond acceptors (Lipinski definition) is 5. The first kappa shape index (κ1) is 16.1. The summed E-state index contributed by atoms with van der Waals surface area (Å²) in [5, 5.41) is 10.2. The van der Waals surface area contributed by atoms with Crippen LogP contribution in [0.3, 0.4) is 0 Å². The van der Waals surface area contributed by atoms with Crippen molar-refractivity contribution in [1.29, 1.82) is 0 Å².